The van der Waals surface area contributed by atoms with Crippen LogP contribution in [0.1, 0.15) is 251 Å². The second-order valence-electron chi connectivity index (χ2n) is 17.3. The molecule has 0 aromatic carbocycles. The van der Waals surface area contributed by atoms with Gasteiger partial charge in [-0.2, -0.15) is 0 Å². The van der Waals surface area contributed by atoms with Crippen LogP contribution < -0.4 is 5.73 Å². The number of carbonyl (C=O) groups is 3. The Balaban J connectivity index is 4.20. The Morgan fingerprint density at radius 2 is 0.820 bits per heavy atom. The van der Waals surface area contributed by atoms with Crippen molar-refractivity contribution in [3.05, 3.63) is 12.2 Å². The van der Waals surface area contributed by atoms with Crippen molar-refractivity contribution in [3.8, 4) is 0 Å². The molecule has 61 heavy (non-hydrogen) atoms. The molecule has 0 aliphatic rings. The van der Waals surface area contributed by atoms with Crippen molar-refractivity contribution in [2.75, 3.05) is 19.8 Å². The van der Waals surface area contributed by atoms with E-state index in [9.17, 15) is 23.8 Å². The Labute approximate surface area is 373 Å². The summed E-state index contributed by atoms with van der Waals surface area (Å²) in [5.41, 5.74) is 5.35. The largest absolute Gasteiger partial charge is 0.480 e. The maximum absolute atomic E-state index is 12.6. The number of ether oxygens (including phenoxy) is 2. The molecule has 0 aliphatic carbocycles. The molecule has 0 aliphatic heterocycles. The second kappa shape index (κ2) is 44.8. The Morgan fingerprint density at radius 3 is 1.23 bits per heavy atom. The first kappa shape index (κ1) is 59.2. The number of phosphoric acid groups is 1. The van der Waals surface area contributed by atoms with Crippen molar-refractivity contribution in [3.63, 3.8) is 0 Å². The lowest BCUT2D eigenvalue weighted by Crippen LogP contribution is -2.34. The van der Waals surface area contributed by atoms with Gasteiger partial charge in [0.2, 0.25) is 0 Å². The van der Waals surface area contributed by atoms with Crippen LogP contribution >= 0.6 is 7.82 Å². The maximum Gasteiger partial charge on any atom is 0.472 e. The number of unbranched alkanes of at least 4 members (excludes halogenated alkanes) is 32. The standard InChI is InChI=1S/C49H94NO10P/c1-3-5-7-9-11-13-15-17-19-20-21-22-23-24-25-27-28-30-32-34-36-38-40-47(51)57-42-45(43-58-61(55,56)59-44-46(50)49(53)54)60-48(52)41-39-37-35-33-31-29-26-18-16-14-12-10-8-6-4-2/h31,33,45-46H,3-30,32,34-44,50H2,1-2H3,(H,53,54)(H,55,56)/b33-31+/t45-,46+/m0/s1. The van der Waals surface area contributed by atoms with Gasteiger partial charge in [-0.05, 0) is 38.5 Å². The number of carboxylic acids is 1. The summed E-state index contributed by atoms with van der Waals surface area (Å²) < 4.78 is 32.8. The summed E-state index contributed by atoms with van der Waals surface area (Å²) in [6, 6.07) is -1.52. The molecule has 4 N–H and O–H groups in total. The van der Waals surface area contributed by atoms with Crippen LogP contribution in [0.3, 0.4) is 0 Å². The number of carboxylic acid groups (broad SMARTS) is 1. The first-order valence-corrected chi connectivity index (χ1v) is 26.7. The lowest BCUT2D eigenvalue weighted by atomic mass is 10.0. The van der Waals surface area contributed by atoms with Gasteiger partial charge in [-0.3, -0.25) is 23.4 Å². The summed E-state index contributed by atoms with van der Waals surface area (Å²) >= 11 is 0. The summed E-state index contributed by atoms with van der Waals surface area (Å²) in [7, 11) is -4.72. The van der Waals surface area contributed by atoms with E-state index < -0.39 is 51.1 Å². The van der Waals surface area contributed by atoms with E-state index >= 15 is 0 Å². The molecule has 0 radical (unpaired) electrons. The molecule has 11 nitrogen and oxygen atoms in total. The number of allylic oxidation sites excluding steroid dienone is 2. The van der Waals surface area contributed by atoms with Gasteiger partial charge in [-0.1, -0.05) is 212 Å². The van der Waals surface area contributed by atoms with Crippen molar-refractivity contribution in [2.45, 2.75) is 264 Å². The number of esters is 2. The van der Waals surface area contributed by atoms with Gasteiger partial charge in [-0.25, -0.2) is 4.57 Å². The first-order chi connectivity index (χ1) is 29.6. The summed E-state index contributed by atoms with van der Waals surface area (Å²) in [6.07, 6.45) is 47.1. The lowest BCUT2D eigenvalue weighted by molar-refractivity contribution is -0.161. The summed E-state index contributed by atoms with van der Waals surface area (Å²) in [6.45, 7) is 2.83. The zero-order valence-electron chi connectivity index (χ0n) is 39.3. The smallest absolute Gasteiger partial charge is 0.472 e. The van der Waals surface area contributed by atoms with Crippen LogP contribution in [0.4, 0.5) is 0 Å². The molecule has 0 fully saturated rings. The van der Waals surface area contributed by atoms with Crippen LogP contribution in [0.5, 0.6) is 0 Å². The molecule has 0 aromatic rings. The first-order valence-electron chi connectivity index (χ1n) is 25.2. The topological polar surface area (TPSA) is 172 Å². The minimum absolute atomic E-state index is 0.136. The minimum Gasteiger partial charge on any atom is -0.480 e. The number of rotatable bonds is 48. The Morgan fingerprint density at radius 1 is 0.492 bits per heavy atom. The Bertz CT molecular complexity index is 1090. The third kappa shape index (κ3) is 44.6. The fraction of sp³-hybridized carbons (Fsp3) is 0.898. The highest BCUT2D eigenvalue weighted by atomic mass is 31.2. The monoisotopic (exact) mass is 888 g/mol. The molecule has 12 heteroatoms. The molecule has 0 heterocycles. The highest BCUT2D eigenvalue weighted by Gasteiger charge is 2.28. The molecule has 0 saturated carbocycles. The van der Waals surface area contributed by atoms with Crippen LogP contribution in [0.15, 0.2) is 12.2 Å². The molecular formula is C49H94NO10P. The Kier molecular flexibility index (Phi) is 43.5. The number of nitrogens with two attached hydrogens (primary N) is 1. The van der Waals surface area contributed by atoms with E-state index in [0.29, 0.717) is 12.8 Å². The van der Waals surface area contributed by atoms with Crippen LogP contribution in [0.2, 0.25) is 0 Å². The highest BCUT2D eigenvalue weighted by molar-refractivity contribution is 7.47. The van der Waals surface area contributed by atoms with Crippen molar-refractivity contribution in [1.82, 2.24) is 0 Å². The van der Waals surface area contributed by atoms with E-state index in [4.69, 9.17) is 24.8 Å². The van der Waals surface area contributed by atoms with Crippen LogP contribution in [0.25, 0.3) is 0 Å². The van der Waals surface area contributed by atoms with Gasteiger partial charge in [-0.15, -0.1) is 0 Å². The predicted octanol–water partition coefficient (Wildman–Crippen LogP) is 14.0. The van der Waals surface area contributed by atoms with Crippen LogP contribution in [-0.4, -0.2) is 59.9 Å². The molecule has 0 saturated heterocycles. The van der Waals surface area contributed by atoms with Crippen LogP contribution in [-0.2, 0) is 37.5 Å². The number of carbonyl (C=O) groups excluding carboxylic acids is 2. The molecule has 0 aromatic heterocycles. The lowest BCUT2D eigenvalue weighted by Gasteiger charge is -2.20. The van der Waals surface area contributed by atoms with Gasteiger partial charge in [0.05, 0.1) is 13.2 Å². The molecule has 0 bridgehead atoms. The second-order valence-corrected chi connectivity index (χ2v) is 18.8. The molecule has 0 rings (SSSR count). The minimum atomic E-state index is -4.72. The van der Waals surface area contributed by atoms with Gasteiger partial charge in [0.25, 0.3) is 0 Å². The molecule has 3 atom stereocenters. The summed E-state index contributed by atoms with van der Waals surface area (Å²) in [5, 5.41) is 8.91. The van der Waals surface area contributed by atoms with E-state index in [1.165, 1.54) is 173 Å². The van der Waals surface area contributed by atoms with Crippen molar-refractivity contribution in [1.29, 1.82) is 0 Å². The van der Waals surface area contributed by atoms with Gasteiger partial charge < -0.3 is 25.2 Å². The van der Waals surface area contributed by atoms with Crippen molar-refractivity contribution >= 4 is 25.7 Å². The van der Waals surface area contributed by atoms with Crippen molar-refractivity contribution < 1.29 is 47.5 Å². The van der Waals surface area contributed by atoms with E-state index in [-0.39, 0.29) is 19.4 Å². The summed E-state index contributed by atoms with van der Waals surface area (Å²) in [4.78, 5) is 46.1. The molecule has 360 valence electrons. The predicted molar refractivity (Wildman–Crippen MR) is 249 cm³/mol. The highest BCUT2D eigenvalue weighted by Crippen LogP contribution is 2.43. The third-order valence-electron chi connectivity index (χ3n) is 11.3. The van der Waals surface area contributed by atoms with Gasteiger partial charge in [0, 0.05) is 12.8 Å². The zero-order valence-corrected chi connectivity index (χ0v) is 40.2. The quantitative estimate of drug-likeness (QED) is 0.0230. The normalized spacial score (nSPS) is 13.6. The van der Waals surface area contributed by atoms with E-state index in [0.717, 1.165) is 38.5 Å². The number of phosphoric ester groups is 1. The van der Waals surface area contributed by atoms with E-state index in [2.05, 4.69) is 30.5 Å². The number of hydrogen-bond donors (Lipinski definition) is 3. The Hall–Kier alpha value is -1.78. The molecule has 0 amide bonds. The molecule has 1 unspecified atom stereocenters. The van der Waals surface area contributed by atoms with Crippen LogP contribution in [0, 0.1) is 0 Å². The number of aliphatic carboxylic acids is 1. The third-order valence-corrected chi connectivity index (χ3v) is 12.2. The zero-order chi connectivity index (χ0) is 44.9. The molecular weight excluding hydrogens is 794 g/mol. The molecule has 0 spiro atoms. The average Bonchev–Trinajstić information content (AvgIpc) is 3.24. The van der Waals surface area contributed by atoms with E-state index in [1.54, 1.807) is 0 Å². The maximum atomic E-state index is 12.6. The van der Waals surface area contributed by atoms with E-state index in [1.807, 2.05) is 0 Å². The number of hydrogen-bond acceptors (Lipinski definition) is 9. The fourth-order valence-corrected chi connectivity index (χ4v) is 8.08. The average molecular weight is 888 g/mol. The van der Waals surface area contributed by atoms with Gasteiger partial charge in [0.15, 0.2) is 6.10 Å². The van der Waals surface area contributed by atoms with Gasteiger partial charge >= 0.3 is 25.7 Å². The SMILES string of the molecule is CCCCCCCCCCC/C=C/CCCCC(=O)O[C@@H](COC(=O)CCCCCCCCCCCCCCCCCCCCCCCC)COP(=O)(O)OC[C@@H](N)C(=O)O. The summed E-state index contributed by atoms with van der Waals surface area (Å²) in [5.74, 6) is -2.39. The fourth-order valence-electron chi connectivity index (χ4n) is 7.30. The van der Waals surface area contributed by atoms with Crippen molar-refractivity contribution in [2.24, 2.45) is 5.73 Å². The van der Waals surface area contributed by atoms with Gasteiger partial charge in [0.1, 0.15) is 12.6 Å².